The number of benzene rings is 1. The number of allylic oxidation sites excluding steroid dienone is 2. The second-order valence-corrected chi connectivity index (χ2v) is 7.05. The van der Waals surface area contributed by atoms with Crippen molar-refractivity contribution in [2.24, 2.45) is 11.8 Å². The monoisotopic (exact) mass is 360 g/mol. The molecule has 0 aromatic heterocycles. The van der Waals surface area contributed by atoms with Gasteiger partial charge >= 0.3 is 0 Å². The van der Waals surface area contributed by atoms with Gasteiger partial charge in [0.15, 0.2) is 0 Å². The molecule has 0 bridgehead atoms. The maximum absolute atomic E-state index is 12.4. The molecule has 1 aliphatic carbocycles. The number of hydrogen-bond acceptors (Lipinski definition) is 3. The summed E-state index contributed by atoms with van der Waals surface area (Å²) in [5.74, 6) is -0.831. The third-order valence-corrected chi connectivity index (χ3v) is 5.16. The number of rotatable bonds is 5. The van der Waals surface area contributed by atoms with Crippen molar-refractivity contribution in [3.8, 4) is 0 Å². The number of carbonyl (C=O) groups is 3. The predicted molar refractivity (Wildman–Crippen MR) is 94.6 cm³/mol. The summed E-state index contributed by atoms with van der Waals surface area (Å²) in [4.78, 5) is 40.0. The Kier molecular flexibility index (Phi) is 5.23. The summed E-state index contributed by atoms with van der Waals surface area (Å²) in [6, 6.07) is 7.31. The second-order valence-electron chi connectivity index (χ2n) is 6.61. The van der Waals surface area contributed by atoms with Crippen LogP contribution in [0.3, 0.4) is 0 Å². The largest absolute Gasteiger partial charge is 0.341 e. The zero-order valence-corrected chi connectivity index (χ0v) is 14.9. The van der Waals surface area contributed by atoms with Crippen LogP contribution < -0.4 is 0 Å². The number of nitrogens with zero attached hydrogens (tertiary/aromatic N) is 2. The Bertz CT molecular complexity index is 688. The van der Waals surface area contributed by atoms with Crippen molar-refractivity contribution >= 4 is 29.3 Å². The van der Waals surface area contributed by atoms with Gasteiger partial charge in [0.25, 0.3) is 0 Å². The molecule has 1 saturated heterocycles. The van der Waals surface area contributed by atoms with Gasteiger partial charge in [-0.3, -0.25) is 19.3 Å². The van der Waals surface area contributed by atoms with Crippen molar-refractivity contribution in [2.75, 3.05) is 13.6 Å². The fourth-order valence-corrected chi connectivity index (χ4v) is 3.57. The van der Waals surface area contributed by atoms with Gasteiger partial charge in [-0.15, -0.1) is 0 Å². The molecule has 0 N–H and O–H groups in total. The van der Waals surface area contributed by atoms with E-state index in [2.05, 4.69) is 0 Å². The lowest BCUT2D eigenvalue weighted by atomic mass is 9.85. The molecule has 6 heteroatoms. The van der Waals surface area contributed by atoms with Crippen molar-refractivity contribution in [1.29, 1.82) is 0 Å². The molecule has 0 radical (unpaired) electrons. The molecular formula is C19H21ClN2O3. The van der Waals surface area contributed by atoms with Crippen LogP contribution in [0.25, 0.3) is 0 Å². The zero-order valence-electron chi connectivity index (χ0n) is 14.2. The molecule has 2 aliphatic rings. The van der Waals surface area contributed by atoms with Crippen molar-refractivity contribution in [2.45, 2.75) is 25.8 Å². The predicted octanol–water partition coefficient (Wildman–Crippen LogP) is 2.64. The molecule has 1 fully saturated rings. The van der Waals surface area contributed by atoms with Crippen LogP contribution in [0.2, 0.25) is 5.02 Å². The van der Waals surface area contributed by atoms with E-state index in [1.54, 1.807) is 24.1 Å². The molecule has 1 aromatic rings. The molecule has 2 atom stereocenters. The van der Waals surface area contributed by atoms with Crippen LogP contribution in [0.4, 0.5) is 0 Å². The van der Waals surface area contributed by atoms with Crippen LogP contribution >= 0.6 is 11.6 Å². The van der Waals surface area contributed by atoms with Gasteiger partial charge in [-0.25, -0.2) is 0 Å². The molecule has 132 valence electrons. The lowest BCUT2D eigenvalue weighted by Gasteiger charge is -2.20. The van der Waals surface area contributed by atoms with Gasteiger partial charge in [-0.1, -0.05) is 35.9 Å². The highest BCUT2D eigenvalue weighted by Gasteiger charge is 2.46. The number of fused-ring (bicyclic) bond motifs is 1. The first kappa shape index (κ1) is 17.7. The second kappa shape index (κ2) is 7.40. The van der Waals surface area contributed by atoms with E-state index in [0.29, 0.717) is 24.4 Å². The first-order chi connectivity index (χ1) is 12.0. The van der Waals surface area contributed by atoms with Crippen LogP contribution in [0.5, 0.6) is 0 Å². The van der Waals surface area contributed by atoms with Gasteiger partial charge in [0.2, 0.25) is 17.7 Å². The Morgan fingerprint density at radius 3 is 2.24 bits per heavy atom. The third kappa shape index (κ3) is 3.76. The Morgan fingerprint density at radius 2 is 1.68 bits per heavy atom. The molecule has 1 aromatic carbocycles. The Labute approximate surface area is 152 Å². The van der Waals surface area contributed by atoms with Crippen molar-refractivity contribution in [3.05, 3.63) is 47.0 Å². The van der Waals surface area contributed by atoms with Gasteiger partial charge in [0.05, 0.1) is 11.8 Å². The zero-order chi connectivity index (χ0) is 18.0. The normalized spacial score (nSPS) is 22.2. The van der Waals surface area contributed by atoms with Gasteiger partial charge < -0.3 is 4.90 Å². The Hall–Kier alpha value is -2.14. The summed E-state index contributed by atoms with van der Waals surface area (Å²) in [7, 11) is 1.72. The lowest BCUT2D eigenvalue weighted by molar-refractivity contribution is -0.140. The van der Waals surface area contributed by atoms with Gasteiger partial charge in [0.1, 0.15) is 0 Å². The van der Waals surface area contributed by atoms with E-state index < -0.39 is 0 Å². The first-order valence-electron chi connectivity index (χ1n) is 8.46. The topological polar surface area (TPSA) is 57.7 Å². The molecule has 25 heavy (non-hydrogen) atoms. The summed E-state index contributed by atoms with van der Waals surface area (Å²) in [6.45, 7) is 0.627. The van der Waals surface area contributed by atoms with E-state index in [-0.39, 0.29) is 42.5 Å². The van der Waals surface area contributed by atoms with Gasteiger partial charge in [0, 0.05) is 31.6 Å². The maximum atomic E-state index is 12.4. The summed E-state index contributed by atoms with van der Waals surface area (Å²) < 4.78 is 0. The average molecular weight is 361 g/mol. The number of carbonyl (C=O) groups excluding carboxylic acids is 3. The molecule has 3 rings (SSSR count). The quantitative estimate of drug-likeness (QED) is 0.599. The maximum Gasteiger partial charge on any atom is 0.233 e. The summed E-state index contributed by atoms with van der Waals surface area (Å²) in [5.41, 5.74) is 0.977. The minimum atomic E-state index is -0.237. The summed E-state index contributed by atoms with van der Waals surface area (Å²) in [5, 5.41) is 0.653. The van der Waals surface area contributed by atoms with E-state index in [1.165, 1.54) is 4.90 Å². The highest BCUT2D eigenvalue weighted by atomic mass is 35.5. The van der Waals surface area contributed by atoms with E-state index >= 15 is 0 Å². The Morgan fingerprint density at radius 1 is 1.12 bits per heavy atom. The third-order valence-electron chi connectivity index (χ3n) is 4.91. The van der Waals surface area contributed by atoms with Crippen molar-refractivity contribution in [3.63, 3.8) is 0 Å². The van der Waals surface area contributed by atoms with Crippen LogP contribution in [-0.4, -0.2) is 41.1 Å². The minimum absolute atomic E-state index is 0.0939. The highest BCUT2D eigenvalue weighted by Crippen LogP contribution is 2.35. The number of hydrogen-bond donors (Lipinski definition) is 0. The van der Waals surface area contributed by atoms with E-state index in [4.69, 9.17) is 11.6 Å². The minimum Gasteiger partial charge on any atom is -0.341 e. The Balaban J connectivity index is 1.54. The molecule has 1 heterocycles. The molecule has 5 nitrogen and oxygen atoms in total. The smallest absolute Gasteiger partial charge is 0.233 e. The van der Waals surface area contributed by atoms with E-state index in [0.717, 1.165) is 5.56 Å². The van der Waals surface area contributed by atoms with Crippen LogP contribution in [0.15, 0.2) is 36.4 Å². The fraction of sp³-hybridized carbons (Fsp3) is 0.421. The highest BCUT2D eigenvalue weighted by molar-refractivity contribution is 6.30. The molecule has 0 spiro atoms. The van der Waals surface area contributed by atoms with Crippen molar-refractivity contribution in [1.82, 2.24) is 9.80 Å². The number of halogens is 1. The summed E-state index contributed by atoms with van der Waals surface area (Å²) in [6.07, 6.45) is 5.31. The molecule has 0 unspecified atom stereocenters. The van der Waals surface area contributed by atoms with Crippen molar-refractivity contribution < 1.29 is 14.4 Å². The van der Waals surface area contributed by atoms with E-state index in [1.807, 2.05) is 24.3 Å². The molecule has 3 amide bonds. The fourth-order valence-electron chi connectivity index (χ4n) is 3.44. The van der Waals surface area contributed by atoms with Gasteiger partial charge in [-0.05, 0) is 30.5 Å². The van der Waals surface area contributed by atoms with Crippen LogP contribution in [-0.2, 0) is 20.9 Å². The molecule has 1 aliphatic heterocycles. The molecule has 0 saturated carbocycles. The number of likely N-dealkylation sites (tertiary alicyclic amines) is 1. The SMILES string of the molecule is CN(Cc1ccc(Cl)cc1)C(=O)CCN1C(=O)[C@H]2CC=CC[C@H]2C1=O. The van der Waals surface area contributed by atoms with Crippen LogP contribution in [0.1, 0.15) is 24.8 Å². The average Bonchev–Trinajstić information content (AvgIpc) is 2.86. The van der Waals surface area contributed by atoms with Gasteiger partial charge in [-0.2, -0.15) is 0 Å². The first-order valence-corrected chi connectivity index (χ1v) is 8.84. The lowest BCUT2D eigenvalue weighted by Crippen LogP contribution is -2.36. The number of amides is 3. The summed E-state index contributed by atoms with van der Waals surface area (Å²) >= 11 is 5.86. The van der Waals surface area contributed by atoms with E-state index in [9.17, 15) is 14.4 Å². The standard InChI is InChI=1S/C19H21ClN2O3/c1-21(12-13-6-8-14(20)9-7-13)17(23)10-11-22-18(24)15-4-2-3-5-16(15)19(22)25/h2-3,6-9,15-16H,4-5,10-12H2,1H3/t15-,16+. The molecular weight excluding hydrogens is 340 g/mol. The number of imide groups is 1. The van der Waals surface area contributed by atoms with Crippen LogP contribution in [0, 0.1) is 11.8 Å².